The number of rotatable bonds is 7. The number of ether oxygens (including phenoxy) is 1. The summed E-state index contributed by atoms with van der Waals surface area (Å²) >= 11 is 1.41. The van der Waals surface area contributed by atoms with Crippen molar-refractivity contribution in [2.45, 2.75) is 30.8 Å². The van der Waals surface area contributed by atoms with Crippen LogP contribution in [0.25, 0.3) is 0 Å². The Hall–Kier alpha value is -2.54. The Morgan fingerprint density at radius 3 is 2.78 bits per heavy atom. The van der Waals surface area contributed by atoms with Crippen molar-refractivity contribution in [2.75, 3.05) is 17.7 Å². The average Bonchev–Trinajstić information content (AvgIpc) is 2.67. The summed E-state index contributed by atoms with van der Waals surface area (Å²) in [7, 11) is 1.81. The molecule has 1 aromatic carbocycles. The summed E-state index contributed by atoms with van der Waals surface area (Å²) in [6.45, 7) is 6.40. The smallest absolute Gasteiger partial charge is 0.279 e. The standard InChI is InChI=1S/C20H23N3O3S/c1-4-10-26-14-8-6-13(7-9-14)15-12-16(24)21-18-17(15)19(25)22-20(23(18)3)27-11-5-2/h5-9,15H,2,4,10-12H2,1,3H3,(H,21,24)/t15-/m0/s1. The zero-order valence-electron chi connectivity index (χ0n) is 15.5. The quantitative estimate of drug-likeness (QED) is 0.450. The Bertz CT molecular complexity index is 906. The molecule has 6 nitrogen and oxygen atoms in total. The van der Waals surface area contributed by atoms with Gasteiger partial charge in [0.2, 0.25) is 5.91 Å². The van der Waals surface area contributed by atoms with E-state index in [-0.39, 0.29) is 23.8 Å². The van der Waals surface area contributed by atoms with E-state index in [0.717, 1.165) is 17.7 Å². The number of aromatic nitrogens is 2. The van der Waals surface area contributed by atoms with E-state index in [1.165, 1.54) is 11.8 Å². The molecular weight excluding hydrogens is 362 g/mol. The highest BCUT2D eigenvalue weighted by atomic mass is 32.2. The fourth-order valence-corrected chi connectivity index (χ4v) is 3.80. The Kier molecular flexibility index (Phi) is 6.01. The van der Waals surface area contributed by atoms with E-state index in [1.54, 1.807) is 17.7 Å². The molecule has 1 amide bonds. The van der Waals surface area contributed by atoms with Crippen molar-refractivity contribution < 1.29 is 9.53 Å². The van der Waals surface area contributed by atoms with Gasteiger partial charge in [0.15, 0.2) is 5.16 Å². The lowest BCUT2D eigenvalue weighted by Crippen LogP contribution is -2.33. The van der Waals surface area contributed by atoms with Crippen LogP contribution in [0.1, 0.15) is 36.8 Å². The number of carbonyl (C=O) groups excluding carboxylic acids is 1. The highest BCUT2D eigenvalue weighted by molar-refractivity contribution is 7.99. The number of thioether (sulfide) groups is 1. The van der Waals surface area contributed by atoms with Crippen LogP contribution in [0.3, 0.4) is 0 Å². The number of benzene rings is 1. The van der Waals surface area contributed by atoms with E-state index in [9.17, 15) is 9.59 Å². The number of nitrogens with zero attached hydrogens (tertiary/aromatic N) is 2. The van der Waals surface area contributed by atoms with Crippen LogP contribution in [-0.2, 0) is 11.8 Å². The molecule has 0 unspecified atom stereocenters. The largest absolute Gasteiger partial charge is 0.494 e. The van der Waals surface area contributed by atoms with Crippen LogP contribution < -0.4 is 15.6 Å². The summed E-state index contributed by atoms with van der Waals surface area (Å²) in [6, 6.07) is 7.59. The van der Waals surface area contributed by atoms with Gasteiger partial charge in [-0.3, -0.25) is 9.59 Å². The van der Waals surface area contributed by atoms with Gasteiger partial charge in [-0.2, -0.15) is 4.98 Å². The molecule has 0 bridgehead atoms. The first kappa shape index (κ1) is 19.2. The maximum absolute atomic E-state index is 12.8. The first-order valence-electron chi connectivity index (χ1n) is 8.92. The molecule has 2 heterocycles. The molecule has 7 heteroatoms. The van der Waals surface area contributed by atoms with Crippen LogP contribution in [0.5, 0.6) is 5.75 Å². The van der Waals surface area contributed by atoms with Crippen molar-refractivity contribution in [2.24, 2.45) is 7.05 Å². The van der Waals surface area contributed by atoms with Crippen LogP contribution in [0.15, 0.2) is 46.9 Å². The third-order valence-electron chi connectivity index (χ3n) is 4.39. The second-order valence-electron chi connectivity index (χ2n) is 6.34. The zero-order chi connectivity index (χ0) is 19.4. The van der Waals surface area contributed by atoms with Crippen molar-refractivity contribution in [3.8, 4) is 5.75 Å². The second-order valence-corrected chi connectivity index (χ2v) is 7.33. The van der Waals surface area contributed by atoms with Gasteiger partial charge in [0.1, 0.15) is 11.6 Å². The maximum Gasteiger partial charge on any atom is 0.279 e. The van der Waals surface area contributed by atoms with Gasteiger partial charge >= 0.3 is 0 Å². The van der Waals surface area contributed by atoms with Crippen LogP contribution in [0.4, 0.5) is 5.82 Å². The van der Waals surface area contributed by atoms with Crippen LogP contribution in [-0.4, -0.2) is 27.8 Å². The Morgan fingerprint density at radius 2 is 2.11 bits per heavy atom. The number of carbonyl (C=O) groups is 1. The monoisotopic (exact) mass is 385 g/mol. The molecule has 1 atom stereocenters. The third-order valence-corrected chi connectivity index (χ3v) is 5.41. The third kappa shape index (κ3) is 4.08. The van der Waals surface area contributed by atoms with Crippen LogP contribution in [0.2, 0.25) is 0 Å². The van der Waals surface area contributed by atoms with E-state index >= 15 is 0 Å². The lowest BCUT2D eigenvalue weighted by molar-refractivity contribution is -0.116. The summed E-state index contributed by atoms with van der Waals surface area (Å²) in [5, 5.41) is 3.40. The van der Waals surface area contributed by atoms with E-state index in [2.05, 4.69) is 23.8 Å². The minimum atomic E-state index is -0.321. The molecule has 0 fully saturated rings. The molecular formula is C20H23N3O3S. The highest BCUT2D eigenvalue weighted by Crippen LogP contribution is 2.36. The van der Waals surface area contributed by atoms with E-state index in [1.807, 2.05) is 24.3 Å². The molecule has 0 spiro atoms. The van der Waals surface area contributed by atoms with E-state index in [0.29, 0.717) is 28.9 Å². The molecule has 2 aromatic rings. The molecule has 1 aliphatic heterocycles. The Balaban J connectivity index is 2.00. The lowest BCUT2D eigenvalue weighted by Gasteiger charge is -2.27. The SMILES string of the molecule is C=CCSc1nc(=O)c2c(n1C)NC(=O)C[C@H]2c1ccc(OCCC)cc1. The van der Waals surface area contributed by atoms with Crippen molar-refractivity contribution in [1.29, 1.82) is 0 Å². The zero-order valence-corrected chi connectivity index (χ0v) is 16.3. The Morgan fingerprint density at radius 1 is 1.37 bits per heavy atom. The van der Waals surface area contributed by atoms with Crippen LogP contribution in [0, 0.1) is 0 Å². The van der Waals surface area contributed by atoms with Gasteiger partial charge < -0.3 is 14.6 Å². The van der Waals surface area contributed by atoms with Gasteiger partial charge in [-0.1, -0.05) is 36.9 Å². The molecule has 3 rings (SSSR count). The number of hydrogen-bond acceptors (Lipinski definition) is 5. The average molecular weight is 385 g/mol. The van der Waals surface area contributed by atoms with Gasteiger partial charge in [-0.15, -0.1) is 6.58 Å². The molecule has 1 N–H and O–H groups in total. The molecule has 0 radical (unpaired) electrons. The number of nitrogens with one attached hydrogen (secondary N) is 1. The van der Waals surface area contributed by atoms with Crippen molar-refractivity contribution in [1.82, 2.24) is 9.55 Å². The second kappa shape index (κ2) is 8.43. The van der Waals surface area contributed by atoms with E-state index < -0.39 is 0 Å². The van der Waals surface area contributed by atoms with E-state index in [4.69, 9.17) is 4.74 Å². The normalized spacial score (nSPS) is 15.8. The lowest BCUT2D eigenvalue weighted by atomic mass is 9.87. The molecule has 142 valence electrons. The molecule has 0 saturated carbocycles. The molecule has 0 saturated heterocycles. The first-order chi connectivity index (χ1) is 13.0. The molecule has 27 heavy (non-hydrogen) atoms. The van der Waals surface area contributed by atoms with Crippen molar-refractivity contribution in [3.63, 3.8) is 0 Å². The topological polar surface area (TPSA) is 73.2 Å². The summed E-state index contributed by atoms with van der Waals surface area (Å²) in [5.74, 6) is 1.51. The predicted molar refractivity (Wildman–Crippen MR) is 108 cm³/mol. The Labute approximate surface area is 162 Å². The van der Waals surface area contributed by atoms with Gasteiger partial charge in [-0.25, -0.2) is 0 Å². The predicted octanol–water partition coefficient (Wildman–Crippen LogP) is 3.32. The summed E-state index contributed by atoms with van der Waals surface area (Å²) in [6.07, 6.45) is 2.91. The van der Waals surface area contributed by atoms with Gasteiger partial charge in [-0.05, 0) is 24.1 Å². The molecule has 1 aromatic heterocycles. The van der Waals surface area contributed by atoms with Gasteiger partial charge in [0.05, 0.1) is 12.2 Å². The maximum atomic E-state index is 12.8. The number of anilines is 1. The van der Waals surface area contributed by atoms with Crippen molar-refractivity contribution in [3.05, 3.63) is 58.4 Å². The summed E-state index contributed by atoms with van der Waals surface area (Å²) < 4.78 is 7.39. The number of amides is 1. The van der Waals surface area contributed by atoms with Gasteiger partial charge in [0, 0.05) is 25.1 Å². The summed E-state index contributed by atoms with van der Waals surface area (Å²) in [5.41, 5.74) is 1.13. The summed E-state index contributed by atoms with van der Waals surface area (Å²) in [4.78, 5) is 29.3. The van der Waals surface area contributed by atoms with Crippen LogP contribution >= 0.6 is 11.8 Å². The number of fused-ring (bicyclic) bond motifs is 1. The first-order valence-corrected chi connectivity index (χ1v) is 9.91. The fourth-order valence-electron chi connectivity index (χ4n) is 3.10. The molecule has 0 aliphatic carbocycles. The van der Waals surface area contributed by atoms with Gasteiger partial charge in [0.25, 0.3) is 5.56 Å². The number of hydrogen-bond donors (Lipinski definition) is 1. The van der Waals surface area contributed by atoms with Crippen molar-refractivity contribution >= 4 is 23.5 Å². The minimum absolute atomic E-state index is 0.111. The molecule has 1 aliphatic rings. The highest BCUT2D eigenvalue weighted by Gasteiger charge is 2.32. The fraction of sp³-hybridized carbons (Fsp3) is 0.350. The minimum Gasteiger partial charge on any atom is -0.494 e.